The summed E-state index contributed by atoms with van der Waals surface area (Å²) in [7, 11) is 0. The standard InChI is InChI=1S/C16H11Cl6N3OS/c17-9-3-1-2-8(6-9)13(26)24-14(16(20,21)22)25-15(27)23-12-7-10(18)4-5-11(12)19/h1-7,14H,(H,24,26)(H2,23,25,27). The second kappa shape index (κ2) is 9.70. The monoisotopic (exact) mass is 503 g/mol. The lowest BCUT2D eigenvalue weighted by atomic mass is 10.2. The van der Waals surface area contributed by atoms with E-state index in [-0.39, 0.29) is 5.11 Å². The quantitative estimate of drug-likeness (QED) is 0.268. The average molecular weight is 506 g/mol. The molecule has 2 aromatic rings. The van der Waals surface area contributed by atoms with Crippen LogP contribution in [0, 0.1) is 0 Å². The average Bonchev–Trinajstić information content (AvgIpc) is 2.56. The van der Waals surface area contributed by atoms with E-state index in [2.05, 4.69) is 16.0 Å². The van der Waals surface area contributed by atoms with Gasteiger partial charge < -0.3 is 16.0 Å². The molecule has 0 saturated carbocycles. The summed E-state index contributed by atoms with van der Waals surface area (Å²) < 4.78 is -1.90. The molecule has 0 radical (unpaired) electrons. The predicted molar refractivity (Wildman–Crippen MR) is 119 cm³/mol. The second-order valence-electron chi connectivity index (χ2n) is 5.18. The smallest absolute Gasteiger partial charge is 0.253 e. The number of amides is 1. The SMILES string of the molecule is O=C(NC(NC(=S)Nc1cc(Cl)ccc1Cl)C(Cl)(Cl)Cl)c1cccc(Cl)c1. The van der Waals surface area contributed by atoms with Crippen LogP contribution in [-0.4, -0.2) is 21.0 Å². The van der Waals surface area contributed by atoms with Gasteiger partial charge in [-0.15, -0.1) is 0 Å². The fourth-order valence-electron chi connectivity index (χ4n) is 1.93. The first kappa shape index (κ1) is 22.6. The molecule has 0 spiro atoms. The van der Waals surface area contributed by atoms with Crippen molar-refractivity contribution in [3.8, 4) is 0 Å². The van der Waals surface area contributed by atoms with Crippen LogP contribution in [0.2, 0.25) is 15.1 Å². The molecule has 27 heavy (non-hydrogen) atoms. The molecule has 1 unspecified atom stereocenters. The lowest BCUT2D eigenvalue weighted by molar-refractivity contribution is 0.0934. The van der Waals surface area contributed by atoms with Gasteiger partial charge in [-0.05, 0) is 48.6 Å². The number of halogens is 6. The van der Waals surface area contributed by atoms with Crippen molar-refractivity contribution in [2.24, 2.45) is 0 Å². The summed E-state index contributed by atoms with van der Waals surface area (Å²) in [5.74, 6) is -0.509. The van der Waals surface area contributed by atoms with Gasteiger partial charge in [-0.3, -0.25) is 4.79 Å². The molecule has 2 aromatic carbocycles. The number of anilines is 1. The molecule has 0 aliphatic rings. The van der Waals surface area contributed by atoms with Crippen LogP contribution in [0.1, 0.15) is 10.4 Å². The van der Waals surface area contributed by atoms with E-state index >= 15 is 0 Å². The van der Waals surface area contributed by atoms with Crippen LogP contribution in [0.3, 0.4) is 0 Å². The van der Waals surface area contributed by atoms with Gasteiger partial charge in [-0.2, -0.15) is 0 Å². The van der Waals surface area contributed by atoms with Gasteiger partial charge in [-0.1, -0.05) is 75.7 Å². The summed E-state index contributed by atoms with van der Waals surface area (Å²) >= 11 is 41.0. The first-order valence-electron chi connectivity index (χ1n) is 7.22. The number of hydrogen-bond acceptors (Lipinski definition) is 2. The second-order valence-corrected chi connectivity index (χ2v) is 9.24. The highest BCUT2D eigenvalue weighted by Crippen LogP contribution is 2.30. The summed E-state index contributed by atoms with van der Waals surface area (Å²) in [5, 5.41) is 9.40. The molecule has 0 saturated heterocycles. The van der Waals surface area contributed by atoms with E-state index in [1.165, 1.54) is 6.07 Å². The Hall–Kier alpha value is -0.660. The van der Waals surface area contributed by atoms with Crippen molar-refractivity contribution in [3.63, 3.8) is 0 Å². The fraction of sp³-hybridized carbons (Fsp3) is 0.125. The Kier molecular flexibility index (Phi) is 8.13. The van der Waals surface area contributed by atoms with E-state index in [1.54, 1.807) is 36.4 Å². The molecule has 144 valence electrons. The minimum Gasteiger partial charge on any atom is -0.339 e. The Morgan fingerprint density at radius 3 is 2.26 bits per heavy atom. The van der Waals surface area contributed by atoms with Crippen LogP contribution >= 0.6 is 81.8 Å². The van der Waals surface area contributed by atoms with Crippen LogP contribution in [0.4, 0.5) is 5.69 Å². The highest BCUT2D eigenvalue weighted by atomic mass is 35.6. The Balaban J connectivity index is 2.11. The van der Waals surface area contributed by atoms with Crippen LogP contribution in [0.25, 0.3) is 0 Å². The maximum atomic E-state index is 12.4. The number of carbonyl (C=O) groups excluding carboxylic acids is 1. The Bertz CT molecular complexity index is 858. The Morgan fingerprint density at radius 2 is 1.63 bits per heavy atom. The number of carbonyl (C=O) groups is 1. The summed E-state index contributed by atoms with van der Waals surface area (Å²) in [6.07, 6.45) is -1.15. The molecule has 1 amide bonds. The van der Waals surface area contributed by atoms with E-state index < -0.39 is 15.9 Å². The molecular formula is C16H11Cl6N3OS. The number of alkyl halides is 3. The van der Waals surface area contributed by atoms with Crippen LogP contribution in [-0.2, 0) is 0 Å². The number of benzene rings is 2. The first-order chi connectivity index (χ1) is 12.6. The van der Waals surface area contributed by atoms with Crippen LogP contribution in [0.5, 0.6) is 0 Å². The third kappa shape index (κ3) is 7.02. The summed E-state index contributed by atoms with van der Waals surface area (Å²) in [4.78, 5) is 12.4. The lowest BCUT2D eigenvalue weighted by Crippen LogP contribution is -2.56. The minimum atomic E-state index is -1.90. The maximum absolute atomic E-state index is 12.4. The van der Waals surface area contributed by atoms with Crippen molar-refractivity contribution < 1.29 is 4.79 Å². The van der Waals surface area contributed by atoms with Crippen LogP contribution in [0.15, 0.2) is 42.5 Å². The Morgan fingerprint density at radius 1 is 0.963 bits per heavy atom. The molecule has 4 nitrogen and oxygen atoms in total. The molecule has 0 bridgehead atoms. The molecule has 0 heterocycles. The zero-order valence-electron chi connectivity index (χ0n) is 13.2. The zero-order valence-corrected chi connectivity index (χ0v) is 18.6. The number of thiocarbonyl (C=S) groups is 1. The molecule has 1 atom stereocenters. The van der Waals surface area contributed by atoms with Gasteiger partial charge in [0.2, 0.25) is 3.79 Å². The van der Waals surface area contributed by atoms with Crippen molar-refractivity contribution in [1.82, 2.24) is 10.6 Å². The van der Waals surface area contributed by atoms with E-state index in [0.717, 1.165) is 0 Å². The highest BCUT2D eigenvalue weighted by molar-refractivity contribution is 7.80. The zero-order chi connectivity index (χ0) is 20.2. The summed E-state index contributed by atoms with van der Waals surface area (Å²) in [6, 6.07) is 11.1. The Labute approximate surface area is 191 Å². The topological polar surface area (TPSA) is 53.2 Å². The van der Waals surface area contributed by atoms with Crippen LogP contribution < -0.4 is 16.0 Å². The molecule has 2 rings (SSSR count). The highest BCUT2D eigenvalue weighted by Gasteiger charge is 2.35. The number of rotatable bonds is 4. The normalized spacial score (nSPS) is 12.2. The van der Waals surface area contributed by atoms with Gasteiger partial charge in [0, 0.05) is 15.6 Å². The lowest BCUT2D eigenvalue weighted by Gasteiger charge is -2.28. The van der Waals surface area contributed by atoms with E-state index in [9.17, 15) is 4.79 Å². The van der Waals surface area contributed by atoms with E-state index in [4.69, 9.17) is 81.8 Å². The minimum absolute atomic E-state index is 0.0573. The molecule has 0 aliphatic carbocycles. The molecule has 3 N–H and O–H groups in total. The van der Waals surface area contributed by atoms with Gasteiger partial charge in [0.05, 0.1) is 10.7 Å². The predicted octanol–water partition coefficient (Wildman–Crippen LogP) is 6.06. The van der Waals surface area contributed by atoms with E-state index in [1.807, 2.05) is 0 Å². The fourth-order valence-corrected chi connectivity index (χ4v) is 3.01. The molecule has 0 fully saturated rings. The van der Waals surface area contributed by atoms with Crippen molar-refractivity contribution in [3.05, 3.63) is 63.1 Å². The van der Waals surface area contributed by atoms with E-state index in [0.29, 0.717) is 26.3 Å². The third-order valence-electron chi connectivity index (χ3n) is 3.14. The molecular weight excluding hydrogens is 495 g/mol. The first-order valence-corrected chi connectivity index (χ1v) is 9.89. The molecule has 11 heteroatoms. The number of hydrogen-bond donors (Lipinski definition) is 3. The summed E-state index contributed by atoms with van der Waals surface area (Å²) in [6.45, 7) is 0. The van der Waals surface area contributed by atoms with Gasteiger partial charge in [0.25, 0.3) is 5.91 Å². The largest absolute Gasteiger partial charge is 0.339 e. The molecule has 0 aromatic heterocycles. The van der Waals surface area contributed by atoms with Gasteiger partial charge in [0.1, 0.15) is 6.17 Å². The van der Waals surface area contributed by atoms with Crippen molar-refractivity contribution in [1.29, 1.82) is 0 Å². The molecule has 0 aliphatic heterocycles. The van der Waals surface area contributed by atoms with Crippen molar-refractivity contribution in [2.45, 2.75) is 9.96 Å². The number of nitrogens with one attached hydrogen (secondary N) is 3. The van der Waals surface area contributed by atoms with Gasteiger partial charge in [-0.25, -0.2) is 0 Å². The third-order valence-corrected chi connectivity index (χ3v) is 4.82. The van der Waals surface area contributed by atoms with Gasteiger partial charge in [0.15, 0.2) is 5.11 Å². The van der Waals surface area contributed by atoms with Gasteiger partial charge >= 0.3 is 0 Å². The summed E-state index contributed by atoms with van der Waals surface area (Å²) in [5.41, 5.74) is 0.742. The maximum Gasteiger partial charge on any atom is 0.253 e. The van der Waals surface area contributed by atoms with Crippen molar-refractivity contribution >= 4 is 98.5 Å². The van der Waals surface area contributed by atoms with Crippen molar-refractivity contribution in [2.75, 3.05) is 5.32 Å².